The average molecular weight is 619 g/mol. The SMILES string of the molecule is CC(C)(COc1ccc(OOCc2cc(O)ccc2C(=O)O)cc1)COc1ccc(OC(=O)c2cc(O)ccc2C(=O)O)cc1. The molecule has 0 saturated heterocycles. The number of benzene rings is 4. The maximum absolute atomic E-state index is 12.5. The average Bonchev–Trinajstić information content (AvgIpc) is 3.00. The van der Waals surface area contributed by atoms with Crippen molar-refractivity contribution in [3.63, 3.8) is 0 Å². The van der Waals surface area contributed by atoms with Crippen molar-refractivity contribution in [2.24, 2.45) is 5.41 Å². The molecule has 0 aliphatic heterocycles. The van der Waals surface area contributed by atoms with Crippen LogP contribution >= 0.6 is 0 Å². The third kappa shape index (κ3) is 9.12. The summed E-state index contributed by atoms with van der Waals surface area (Å²) >= 11 is 0. The van der Waals surface area contributed by atoms with Gasteiger partial charge in [0.25, 0.3) is 0 Å². The summed E-state index contributed by atoms with van der Waals surface area (Å²) in [6.45, 7) is 4.32. The molecule has 0 spiro atoms. The number of rotatable bonds is 14. The van der Waals surface area contributed by atoms with Gasteiger partial charge < -0.3 is 39.5 Å². The quantitative estimate of drug-likeness (QED) is 0.0587. The molecule has 0 fully saturated rings. The molecule has 0 amide bonds. The summed E-state index contributed by atoms with van der Waals surface area (Å²) < 4.78 is 17.0. The van der Waals surface area contributed by atoms with E-state index in [4.69, 9.17) is 24.0 Å². The van der Waals surface area contributed by atoms with E-state index in [2.05, 4.69) is 0 Å². The van der Waals surface area contributed by atoms with Gasteiger partial charge in [0, 0.05) is 11.0 Å². The van der Waals surface area contributed by atoms with E-state index >= 15 is 0 Å². The number of carbonyl (C=O) groups excluding carboxylic acids is 1. The molecule has 0 aromatic heterocycles. The largest absolute Gasteiger partial charge is 0.508 e. The number of aromatic hydroxyl groups is 2. The third-order valence-electron chi connectivity index (χ3n) is 6.26. The highest BCUT2D eigenvalue weighted by molar-refractivity contribution is 6.03. The van der Waals surface area contributed by atoms with Crippen LogP contribution in [0.5, 0.6) is 34.5 Å². The number of hydrogen-bond acceptors (Lipinski definition) is 10. The monoisotopic (exact) mass is 618 g/mol. The Morgan fingerprint density at radius 2 is 1.11 bits per heavy atom. The highest BCUT2D eigenvalue weighted by Crippen LogP contribution is 2.26. The minimum Gasteiger partial charge on any atom is -0.508 e. The zero-order valence-corrected chi connectivity index (χ0v) is 24.3. The molecule has 4 aromatic carbocycles. The van der Waals surface area contributed by atoms with Crippen LogP contribution in [0.15, 0.2) is 84.9 Å². The van der Waals surface area contributed by atoms with Crippen LogP contribution in [-0.2, 0) is 11.5 Å². The van der Waals surface area contributed by atoms with Crippen molar-refractivity contribution in [1.82, 2.24) is 0 Å². The standard InChI is InChI=1S/C33H30O12/c1-33(2,18-41-23-5-9-25(10-6-23)44-32(40)29-16-22(35)4-14-28(29)31(38)39)19-42-24-7-11-26(12-8-24)45-43-17-20-15-21(34)3-13-27(20)30(36)37/h3-16,34-35H,17-19H2,1-2H3,(H,36,37)(H,38,39). The molecule has 234 valence electrons. The van der Waals surface area contributed by atoms with E-state index in [-0.39, 0.29) is 46.1 Å². The Morgan fingerprint density at radius 1 is 0.622 bits per heavy atom. The molecule has 0 aliphatic carbocycles. The van der Waals surface area contributed by atoms with Gasteiger partial charge in [0.15, 0.2) is 5.75 Å². The molecule has 0 unspecified atom stereocenters. The summed E-state index contributed by atoms with van der Waals surface area (Å²) in [5.41, 5.74) is -0.726. The number of carbonyl (C=O) groups is 3. The molecular formula is C33H30O12. The van der Waals surface area contributed by atoms with E-state index in [1.165, 1.54) is 36.4 Å². The summed E-state index contributed by atoms with van der Waals surface area (Å²) in [7, 11) is 0. The minimum absolute atomic E-state index is 0.00623. The van der Waals surface area contributed by atoms with E-state index in [0.29, 0.717) is 30.5 Å². The lowest BCUT2D eigenvalue weighted by molar-refractivity contribution is -0.217. The molecule has 0 radical (unpaired) electrons. The second-order valence-corrected chi connectivity index (χ2v) is 10.6. The fourth-order valence-electron chi connectivity index (χ4n) is 3.91. The number of carboxylic acid groups (broad SMARTS) is 2. The Bertz CT molecular complexity index is 1660. The normalized spacial score (nSPS) is 11.0. The fraction of sp³-hybridized carbons (Fsp3) is 0.182. The fourth-order valence-corrected chi connectivity index (χ4v) is 3.91. The summed E-state index contributed by atoms with van der Waals surface area (Å²) in [6, 6.07) is 20.0. The van der Waals surface area contributed by atoms with Crippen molar-refractivity contribution in [3.05, 3.63) is 107 Å². The lowest BCUT2D eigenvalue weighted by Gasteiger charge is -2.25. The smallest absolute Gasteiger partial charge is 0.344 e. The van der Waals surface area contributed by atoms with Gasteiger partial charge in [-0.1, -0.05) is 13.8 Å². The van der Waals surface area contributed by atoms with Crippen molar-refractivity contribution in [2.75, 3.05) is 13.2 Å². The second kappa shape index (κ2) is 14.1. The van der Waals surface area contributed by atoms with Crippen LogP contribution < -0.4 is 19.1 Å². The van der Waals surface area contributed by atoms with Crippen LogP contribution in [-0.4, -0.2) is 51.5 Å². The molecule has 0 heterocycles. The minimum atomic E-state index is -1.32. The Kier molecular flexibility index (Phi) is 10.1. The Hall–Kier alpha value is -5.75. The van der Waals surface area contributed by atoms with Crippen molar-refractivity contribution < 1.29 is 58.8 Å². The summed E-state index contributed by atoms with van der Waals surface area (Å²) in [4.78, 5) is 45.6. The third-order valence-corrected chi connectivity index (χ3v) is 6.26. The molecule has 0 atom stereocenters. The molecule has 12 heteroatoms. The Balaban J connectivity index is 1.23. The molecule has 0 saturated carbocycles. The molecule has 0 aliphatic rings. The number of carboxylic acids is 2. The predicted molar refractivity (Wildman–Crippen MR) is 158 cm³/mol. The summed E-state index contributed by atoms with van der Waals surface area (Å²) in [5.74, 6) is -2.15. The van der Waals surface area contributed by atoms with E-state index in [0.717, 1.165) is 12.1 Å². The van der Waals surface area contributed by atoms with E-state index < -0.39 is 23.3 Å². The Morgan fingerprint density at radius 3 is 1.67 bits per heavy atom. The van der Waals surface area contributed by atoms with Gasteiger partial charge in [0.2, 0.25) is 0 Å². The highest BCUT2D eigenvalue weighted by atomic mass is 17.2. The van der Waals surface area contributed by atoms with Crippen LogP contribution in [0.2, 0.25) is 0 Å². The summed E-state index contributed by atoms with van der Waals surface area (Å²) in [6.07, 6.45) is 0. The van der Waals surface area contributed by atoms with Crippen molar-refractivity contribution in [3.8, 4) is 34.5 Å². The van der Waals surface area contributed by atoms with Gasteiger partial charge in [0.05, 0.1) is 29.9 Å². The number of ether oxygens (including phenoxy) is 3. The second-order valence-electron chi connectivity index (χ2n) is 10.6. The Labute approximate surface area is 257 Å². The van der Waals surface area contributed by atoms with Gasteiger partial charge in [0.1, 0.15) is 35.4 Å². The molecule has 0 bridgehead atoms. The molecule has 4 N–H and O–H groups in total. The van der Waals surface area contributed by atoms with Crippen LogP contribution in [0.4, 0.5) is 0 Å². The lowest BCUT2D eigenvalue weighted by Crippen LogP contribution is -2.28. The van der Waals surface area contributed by atoms with E-state index in [1.54, 1.807) is 36.4 Å². The number of esters is 1. The molecule has 12 nitrogen and oxygen atoms in total. The molecule has 4 rings (SSSR count). The first kappa shape index (κ1) is 32.2. The van der Waals surface area contributed by atoms with Crippen molar-refractivity contribution in [2.45, 2.75) is 20.5 Å². The first-order chi connectivity index (χ1) is 21.4. The van der Waals surface area contributed by atoms with Gasteiger partial charge in [-0.2, -0.15) is 4.89 Å². The van der Waals surface area contributed by atoms with E-state index in [1.807, 2.05) is 13.8 Å². The van der Waals surface area contributed by atoms with Gasteiger partial charge >= 0.3 is 17.9 Å². The highest BCUT2D eigenvalue weighted by Gasteiger charge is 2.22. The van der Waals surface area contributed by atoms with Crippen LogP contribution in [0, 0.1) is 5.41 Å². The number of hydrogen-bond donors (Lipinski definition) is 4. The number of aromatic carboxylic acids is 2. The van der Waals surface area contributed by atoms with Crippen LogP contribution in [0.3, 0.4) is 0 Å². The molecule has 4 aromatic rings. The van der Waals surface area contributed by atoms with Crippen LogP contribution in [0.1, 0.15) is 50.5 Å². The van der Waals surface area contributed by atoms with Gasteiger partial charge in [-0.25, -0.2) is 14.4 Å². The maximum Gasteiger partial charge on any atom is 0.344 e. The van der Waals surface area contributed by atoms with Crippen LogP contribution in [0.25, 0.3) is 0 Å². The predicted octanol–water partition coefficient (Wildman–Crippen LogP) is 5.71. The molecular weight excluding hydrogens is 588 g/mol. The topological polar surface area (TPSA) is 178 Å². The number of phenols is 2. The van der Waals surface area contributed by atoms with Crippen molar-refractivity contribution >= 4 is 17.9 Å². The van der Waals surface area contributed by atoms with Crippen molar-refractivity contribution in [1.29, 1.82) is 0 Å². The summed E-state index contributed by atoms with van der Waals surface area (Å²) in [5, 5.41) is 37.8. The zero-order chi connectivity index (χ0) is 32.6. The van der Waals surface area contributed by atoms with Gasteiger partial charge in [-0.3, -0.25) is 0 Å². The first-order valence-corrected chi connectivity index (χ1v) is 13.5. The maximum atomic E-state index is 12.5. The number of phenolic OH excluding ortho intramolecular Hbond substituents is 2. The zero-order valence-electron chi connectivity index (χ0n) is 24.3. The first-order valence-electron chi connectivity index (χ1n) is 13.5. The van der Waals surface area contributed by atoms with Gasteiger partial charge in [-0.15, -0.1) is 0 Å². The molecule has 45 heavy (non-hydrogen) atoms. The van der Waals surface area contributed by atoms with Gasteiger partial charge in [-0.05, 0) is 84.9 Å². The van der Waals surface area contributed by atoms with E-state index in [9.17, 15) is 34.8 Å². The lowest BCUT2D eigenvalue weighted by atomic mass is 9.96.